The highest BCUT2D eigenvalue weighted by Gasteiger charge is 2.32. The van der Waals surface area contributed by atoms with Gasteiger partial charge < -0.3 is 10.2 Å². The second-order valence-electron chi connectivity index (χ2n) is 5.13. The predicted octanol–water partition coefficient (Wildman–Crippen LogP) is 0.838. The van der Waals surface area contributed by atoms with E-state index in [2.05, 4.69) is 15.2 Å². The molecule has 7 heteroatoms. The molecule has 2 heterocycles. The molecule has 1 aromatic rings. The fraction of sp³-hybridized carbons (Fsp3) is 0.615. The van der Waals surface area contributed by atoms with Crippen molar-refractivity contribution in [1.82, 2.24) is 14.2 Å². The summed E-state index contributed by atoms with van der Waals surface area (Å²) in [6.07, 6.45) is 1.53. The molecule has 1 aliphatic heterocycles. The van der Waals surface area contributed by atoms with Gasteiger partial charge in [-0.3, -0.25) is 0 Å². The number of rotatable bonds is 4. The molecule has 6 nitrogen and oxygen atoms in total. The summed E-state index contributed by atoms with van der Waals surface area (Å²) >= 11 is 0. The van der Waals surface area contributed by atoms with Crippen LogP contribution in [0.5, 0.6) is 0 Å². The second-order valence-corrected chi connectivity index (χ2v) is 7.02. The predicted molar refractivity (Wildman–Crippen MR) is 79.3 cm³/mol. The van der Waals surface area contributed by atoms with Gasteiger partial charge in [0.1, 0.15) is 5.82 Å². The first kappa shape index (κ1) is 15.2. The topological polar surface area (TPSA) is 65.5 Å². The zero-order chi connectivity index (χ0) is 14.8. The Labute approximate surface area is 120 Å². The van der Waals surface area contributed by atoms with E-state index < -0.39 is 10.0 Å². The minimum Gasteiger partial charge on any atom is -0.370 e. The number of nitrogens with one attached hydrogen (secondary N) is 1. The molecule has 20 heavy (non-hydrogen) atoms. The van der Waals surface area contributed by atoms with E-state index in [0.717, 1.165) is 13.1 Å². The minimum absolute atomic E-state index is 0.0190. The Morgan fingerprint density at radius 1 is 1.45 bits per heavy atom. The Balaban J connectivity index is 2.28. The summed E-state index contributed by atoms with van der Waals surface area (Å²) < 4.78 is 27.0. The Morgan fingerprint density at radius 2 is 2.20 bits per heavy atom. The third kappa shape index (κ3) is 3.11. The molecule has 0 aromatic carbocycles. The van der Waals surface area contributed by atoms with Gasteiger partial charge in [-0.1, -0.05) is 0 Å². The number of anilines is 1. The van der Waals surface area contributed by atoms with Crippen molar-refractivity contribution in [2.75, 3.05) is 38.5 Å². The van der Waals surface area contributed by atoms with E-state index in [1.807, 2.05) is 20.9 Å². The van der Waals surface area contributed by atoms with Gasteiger partial charge in [0.15, 0.2) is 0 Å². The van der Waals surface area contributed by atoms with Gasteiger partial charge in [-0.2, -0.15) is 4.31 Å². The van der Waals surface area contributed by atoms with E-state index in [1.165, 1.54) is 6.20 Å². The third-order valence-electron chi connectivity index (χ3n) is 3.47. The molecule has 0 bridgehead atoms. The standard InChI is InChI=1S/C13H22N4O2S/c1-4-14-13-9-12(5-6-15-13)20(18,19)17-8-7-16(3)10-11(17)2/h5-6,9,11H,4,7-8,10H2,1-3H3,(H,14,15). The first-order valence-electron chi connectivity index (χ1n) is 6.85. The van der Waals surface area contributed by atoms with Crippen LogP contribution in [0.15, 0.2) is 23.2 Å². The number of likely N-dealkylation sites (N-methyl/N-ethyl adjacent to an activating group) is 1. The second kappa shape index (κ2) is 6.07. The molecule has 1 aromatic heterocycles. The van der Waals surface area contributed by atoms with E-state index in [1.54, 1.807) is 16.4 Å². The molecule has 1 unspecified atom stereocenters. The van der Waals surface area contributed by atoms with Crippen molar-refractivity contribution in [3.05, 3.63) is 18.3 Å². The highest BCUT2D eigenvalue weighted by Crippen LogP contribution is 2.22. The van der Waals surface area contributed by atoms with Crippen LogP contribution in [-0.4, -0.2) is 61.9 Å². The smallest absolute Gasteiger partial charge is 0.243 e. The van der Waals surface area contributed by atoms with E-state index in [-0.39, 0.29) is 6.04 Å². The van der Waals surface area contributed by atoms with Gasteiger partial charge >= 0.3 is 0 Å². The Morgan fingerprint density at radius 3 is 2.85 bits per heavy atom. The van der Waals surface area contributed by atoms with Crippen molar-refractivity contribution in [3.63, 3.8) is 0 Å². The summed E-state index contributed by atoms with van der Waals surface area (Å²) in [6, 6.07) is 3.14. The number of piperazine rings is 1. The number of hydrogen-bond acceptors (Lipinski definition) is 5. The Hall–Kier alpha value is -1.18. The molecule has 0 amide bonds. The molecule has 2 rings (SSSR count). The van der Waals surface area contributed by atoms with Gasteiger partial charge in [-0.25, -0.2) is 13.4 Å². The molecule has 0 saturated carbocycles. The maximum atomic E-state index is 12.7. The van der Waals surface area contributed by atoms with Gasteiger partial charge in [0, 0.05) is 44.5 Å². The van der Waals surface area contributed by atoms with Crippen LogP contribution in [0.4, 0.5) is 5.82 Å². The average molecular weight is 298 g/mol. The maximum absolute atomic E-state index is 12.7. The molecule has 1 saturated heterocycles. The molecular formula is C13H22N4O2S. The van der Waals surface area contributed by atoms with E-state index in [0.29, 0.717) is 23.8 Å². The lowest BCUT2D eigenvalue weighted by molar-refractivity contribution is 0.170. The van der Waals surface area contributed by atoms with Crippen LogP contribution in [0.3, 0.4) is 0 Å². The highest BCUT2D eigenvalue weighted by molar-refractivity contribution is 7.89. The molecule has 1 N–H and O–H groups in total. The Bertz CT molecular complexity index is 561. The molecule has 1 fully saturated rings. The first-order valence-corrected chi connectivity index (χ1v) is 8.29. The van der Waals surface area contributed by atoms with Crippen molar-refractivity contribution < 1.29 is 8.42 Å². The van der Waals surface area contributed by atoms with Crippen LogP contribution in [-0.2, 0) is 10.0 Å². The normalized spacial score (nSPS) is 21.9. The van der Waals surface area contributed by atoms with Gasteiger partial charge in [0.25, 0.3) is 0 Å². The summed E-state index contributed by atoms with van der Waals surface area (Å²) in [7, 11) is -1.44. The summed E-state index contributed by atoms with van der Waals surface area (Å²) in [5.41, 5.74) is 0. The van der Waals surface area contributed by atoms with Crippen LogP contribution < -0.4 is 5.32 Å². The Kier molecular flexibility index (Phi) is 4.62. The van der Waals surface area contributed by atoms with Crippen molar-refractivity contribution >= 4 is 15.8 Å². The zero-order valence-corrected chi connectivity index (χ0v) is 13.0. The fourth-order valence-corrected chi connectivity index (χ4v) is 4.09. The quantitative estimate of drug-likeness (QED) is 0.892. The molecule has 1 aliphatic rings. The molecule has 112 valence electrons. The SMILES string of the molecule is CCNc1cc(S(=O)(=O)N2CCN(C)CC2C)ccn1. The van der Waals surface area contributed by atoms with Crippen molar-refractivity contribution in [3.8, 4) is 0 Å². The van der Waals surface area contributed by atoms with Gasteiger partial charge in [0.05, 0.1) is 4.90 Å². The van der Waals surface area contributed by atoms with Crippen LogP contribution in [0.1, 0.15) is 13.8 Å². The van der Waals surface area contributed by atoms with E-state index in [9.17, 15) is 8.42 Å². The summed E-state index contributed by atoms with van der Waals surface area (Å²) in [5.74, 6) is 0.593. The largest absolute Gasteiger partial charge is 0.370 e. The van der Waals surface area contributed by atoms with E-state index in [4.69, 9.17) is 0 Å². The van der Waals surface area contributed by atoms with Gasteiger partial charge in [0.2, 0.25) is 10.0 Å². The van der Waals surface area contributed by atoms with Gasteiger partial charge in [-0.15, -0.1) is 0 Å². The van der Waals surface area contributed by atoms with Crippen LogP contribution >= 0.6 is 0 Å². The van der Waals surface area contributed by atoms with Gasteiger partial charge in [-0.05, 0) is 27.0 Å². The molecule has 0 aliphatic carbocycles. The number of nitrogens with zero attached hydrogens (tertiary/aromatic N) is 3. The number of pyridine rings is 1. The molecule has 0 radical (unpaired) electrons. The maximum Gasteiger partial charge on any atom is 0.243 e. The molecule has 0 spiro atoms. The van der Waals surface area contributed by atoms with Crippen molar-refractivity contribution in [2.24, 2.45) is 0 Å². The fourth-order valence-electron chi connectivity index (χ4n) is 2.46. The van der Waals surface area contributed by atoms with Crippen molar-refractivity contribution in [1.29, 1.82) is 0 Å². The lowest BCUT2D eigenvalue weighted by Crippen LogP contribution is -2.52. The van der Waals surface area contributed by atoms with E-state index >= 15 is 0 Å². The number of hydrogen-bond donors (Lipinski definition) is 1. The minimum atomic E-state index is -3.45. The summed E-state index contributed by atoms with van der Waals surface area (Å²) in [6.45, 7) is 6.64. The molecular weight excluding hydrogens is 276 g/mol. The van der Waals surface area contributed by atoms with Crippen LogP contribution in [0.2, 0.25) is 0 Å². The summed E-state index contributed by atoms with van der Waals surface area (Å²) in [4.78, 5) is 6.57. The van der Waals surface area contributed by atoms with Crippen LogP contribution in [0.25, 0.3) is 0 Å². The lowest BCUT2D eigenvalue weighted by Gasteiger charge is -2.37. The number of aromatic nitrogens is 1. The van der Waals surface area contributed by atoms with Crippen LogP contribution in [0, 0.1) is 0 Å². The molecule has 1 atom stereocenters. The monoisotopic (exact) mass is 298 g/mol. The number of sulfonamides is 1. The van der Waals surface area contributed by atoms with Crippen molar-refractivity contribution in [2.45, 2.75) is 24.8 Å². The lowest BCUT2D eigenvalue weighted by atomic mass is 10.2. The third-order valence-corrected chi connectivity index (χ3v) is 5.48. The highest BCUT2D eigenvalue weighted by atomic mass is 32.2. The average Bonchev–Trinajstić information content (AvgIpc) is 2.39. The first-order chi connectivity index (χ1) is 9.45. The zero-order valence-electron chi connectivity index (χ0n) is 12.2. The summed E-state index contributed by atoms with van der Waals surface area (Å²) in [5, 5.41) is 3.04.